The fraction of sp³-hybridized carbons (Fsp3) is 0.333. The average molecular weight is 334 g/mol. The summed E-state index contributed by atoms with van der Waals surface area (Å²) in [6.45, 7) is 2.39. The van der Waals surface area contributed by atoms with E-state index in [1.807, 2.05) is 6.92 Å². The molecule has 1 aromatic carbocycles. The minimum Gasteiger partial charge on any atom is -0.344 e. The van der Waals surface area contributed by atoms with Gasteiger partial charge < -0.3 is 11.1 Å². The van der Waals surface area contributed by atoms with E-state index in [9.17, 15) is 14.9 Å². The highest BCUT2D eigenvalue weighted by atomic mass is 32.1. The fourth-order valence-corrected chi connectivity index (χ4v) is 2.96. The van der Waals surface area contributed by atoms with Crippen molar-refractivity contribution < 1.29 is 9.72 Å². The number of thiazole rings is 1. The molecule has 2 aromatic rings. The van der Waals surface area contributed by atoms with Crippen LogP contribution in [0.4, 0.5) is 5.69 Å². The quantitative estimate of drug-likeness (QED) is 0.596. The summed E-state index contributed by atoms with van der Waals surface area (Å²) in [6.07, 6.45) is 1.26. The summed E-state index contributed by atoms with van der Waals surface area (Å²) in [4.78, 5) is 27.0. The molecule has 1 atom stereocenters. The van der Waals surface area contributed by atoms with Crippen LogP contribution < -0.4 is 11.1 Å². The second kappa shape index (κ2) is 7.80. The molecule has 122 valence electrons. The summed E-state index contributed by atoms with van der Waals surface area (Å²) in [6, 6.07) is 5.99. The standard InChI is InChI=1S/C15H18N4O3S/c1-2-12(10-4-3-5-11(8-10)19(21)22)18-15(20)13-9-23-14(17-13)6-7-16/h3-5,8-9,12H,2,6-7,16H2,1H3,(H,18,20). The number of benzene rings is 1. The molecule has 0 radical (unpaired) electrons. The van der Waals surface area contributed by atoms with E-state index in [0.717, 1.165) is 5.01 Å². The third kappa shape index (κ3) is 4.33. The number of carbonyl (C=O) groups is 1. The number of hydrogen-bond acceptors (Lipinski definition) is 6. The normalized spacial score (nSPS) is 11.9. The topological polar surface area (TPSA) is 111 Å². The molecule has 1 amide bonds. The lowest BCUT2D eigenvalue weighted by Gasteiger charge is -2.16. The molecule has 23 heavy (non-hydrogen) atoms. The van der Waals surface area contributed by atoms with Crippen molar-refractivity contribution in [3.63, 3.8) is 0 Å². The van der Waals surface area contributed by atoms with Gasteiger partial charge in [-0.1, -0.05) is 19.1 Å². The molecule has 0 bridgehead atoms. The molecular formula is C15H18N4O3S. The predicted octanol–water partition coefficient (Wildman–Crippen LogP) is 2.43. The molecule has 8 heteroatoms. The van der Waals surface area contributed by atoms with Crippen molar-refractivity contribution in [3.05, 3.63) is 56.0 Å². The summed E-state index contributed by atoms with van der Waals surface area (Å²) >= 11 is 1.40. The van der Waals surface area contributed by atoms with Crippen LogP contribution in [0.15, 0.2) is 29.6 Å². The van der Waals surface area contributed by atoms with Crippen molar-refractivity contribution >= 4 is 22.9 Å². The maximum atomic E-state index is 12.3. The van der Waals surface area contributed by atoms with E-state index in [2.05, 4.69) is 10.3 Å². The number of carbonyl (C=O) groups excluding carboxylic acids is 1. The monoisotopic (exact) mass is 334 g/mol. The lowest BCUT2D eigenvalue weighted by atomic mass is 10.0. The Morgan fingerprint density at radius 3 is 2.96 bits per heavy atom. The zero-order valence-corrected chi connectivity index (χ0v) is 13.5. The van der Waals surface area contributed by atoms with Gasteiger partial charge in [0.05, 0.1) is 16.0 Å². The molecule has 0 aliphatic rings. The minimum absolute atomic E-state index is 0.00842. The molecule has 0 fully saturated rings. The number of nitrogens with one attached hydrogen (secondary N) is 1. The van der Waals surface area contributed by atoms with Crippen LogP contribution in [0, 0.1) is 10.1 Å². The molecule has 7 nitrogen and oxygen atoms in total. The molecule has 0 aliphatic heterocycles. The number of nitro groups is 1. The van der Waals surface area contributed by atoms with E-state index in [4.69, 9.17) is 5.73 Å². The van der Waals surface area contributed by atoms with E-state index >= 15 is 0 Å². The van der Waals surface area contributed by atoms with Crippen molar-refractivity contribution in [2.45, 2.75) is 25.8 Å². The number of nitro benzene ring substituents is 1. The molecule has 0 saturated heterocycles. The molecule has 0 aliphatic carbocycles. The minimum atomic E-state index is -0.447. The van der Waals surface area contributed by atoms with Crippen LogP contribution >= 0.6 is 11.3 Å². The SMILES string of the molecule is CCC(NC(=O)c1csc(CCN)n1)c1cccc([N+](=O)[O-])c1. The van der Waals surface area contributed by atoms with Crippen molar-refractivity contribution in [1.29, 1.82) is 0 Å². The number of nitrogens with zero attached hydrogens (tertiary/aromatic N) is 2. The van der Waals surface area contributed by atoms with Crippen LogP contribution in [0.25, 0.3) is 0 Å². The number of rotatable bonds is 7. The highest BCUT2D eigenvalue weighted by Gasteiger charge is 2.18. The van der Waals surface area contributed by atoms with Crippen LogP contribution in [0.3, 0.4) is 0 Å². The fourth-order valence-electron chi connectivity index (χ4n) is 2.16. The van der Waals surface area contributed by atoms with Gasteiger partial charge in [-0.05, 0) is 18.5 Å². The Bertz CT molecular complexity index is 702. The Hall–Kier alpha value is -2.32. The van der Waals surface area contributed by atoms with Gasteiger partial charge in [0.1, 0.15) is 5.69 Å². The third-order valence-corrected chi connectivity index (χ3v) is 4.25. The Balaban J connectivity index is 2.13. The Kier molecular flexibility index (Phi) is 5.78. The number of hydrogen-bond donors (Lipinski definition) is 2. The smallest absolute Gasteiger partial charge is 0.271 e. The molecule has 1 aromatic heterocycles. The molecule has 1 unspecified atom stereocenters. The first-order valence-electron chi connectivity index (χ1n) is 7.24. The van der Waals surface area contributed by atoms with Crippen molar-refractivity contribution in [3.8, 4) is 0 Å². The third-order valence-electron chi connectivity index (χ3n) is 3.34. The summed E-state index contributed by atoms with van der Waals surface area (Å²) in [5, 5.41) is 16.3. The maximum Gasteiger partial charge on any atom is 0.271 e. The Morgan fingerprint density at radius 2 is 2.30 bits per heavy atom. The van der Waals surface area contributed by atoms with Gasteiger partial charge in [0.15, 0.2) is 0 Å². The molecule has 3 N–H and O–H groups in total. The van der Waals surface area contributed by atoms with Gasteiger partial charge in [-0.2, -0.15) is 0 Å². The van der Waals surface area contributed by atoms with E-state index < -0.39 is 4.92 Å². The highest BCUT2D eigenvalue weighted by molar-refractivity contribution is 7.09. The van der Waals surface area contributed by atoms with Crippen molar-refractivity contribution in [1.82, 2.24) is 10.3 Å². The van der Waals surface area contributed by atoms with Crippen molar-refractivity contribution in [2.24, 2.45) is 5.73 Å². The number of nitrogens with two attached hydrogens (primary N) is 1. The van der Waals surface area contributed by atoms with E-state index in [1.165, 1.54) is 23.5 Å². The maximum absolute atomic E-state index is 12.3. The first-order valence-corrected chi connectivity index (χ1v) is 8.12. The lowest BCUT2D eigenvalue weighted by molar-refractivity contribution is -0.384. The second-order valence-corrected chi connectivity index (χ2v) is 5.89. The van der Waals surface area contributed by atoms with Gasteiger partial charge in [0, 0.05) is 23.9 Å². The molecule has 1 heterocycles. The van der Waals surface area contributed by atoms with Gasteiger partial charge >= 0.3 is 0 Å². The summed E-state index contributed by atoms with van der Waals surface area (Å²) in [7, 11) is 0. The van der Waals surface area contributed by atoms with Crippen LogP contribution in [0.1, 0.15) is 40.4 Å². The van der Waals surface area contributed by atoms with E-state index in [1.54, 1.807) is 17.5 Å². The summed E-state index contributed by atoms with van der Waals surface area (Å²) in [5.74, 6) is -0.289. The zero-order chi connectivity index (χ0) is 16.8. The molecule has 2 rings (SSSR count). The largest absolute Gasteiger partial charge is 0.344 e. The molecular weight excluding hydrogens is 316 g/mol. The van der Waals surface area contributed by atoms with Gasteiger partial charge in [0.25, 0.3) is 11.6 Å². The Morgan fingerprint density at radius 1 is 1.52 bits per heavy atom. The van der Waals surface area contributed by atoms with E-state index in [0.29, 0.717) is 30.6 Å². The highest BCUT2D eigenvalue weighted by Crippen LogP contribution is 2.22. The molecule has 0 saturated carbocycles. The Labute approximate surface area is 137 Å². The van der Waals surface area contributed by atoms with Gasteiger partial charge in [-0.15, -0.1) is 11.3 Å². The number of aromatic nitrogens is 1. The molecule has 0 spiro atoms. The summed E-state index contributed by atoms with van der Waals surface area (Å²) < 4.78 is 0. The van der Waals surface area contributed by atoms with Gasteiger partial charge in [-0.25, -0.2) is 4.98 Å². The van der Waals surface area contributed by atoms with Crippen LogP contribution in [0.5, 0.6) is 0 Å². The predicted molar refractivity (Wildman–Crippen MR) is 88.5 cm³/mol. The van der Waals surface area contributed by atoms with Gasteiger partial charge in [0.2, 0.25) is 0 Å². The average Bonchev–Trinajstić information content (AvgIpc) is 3.01. The summed E-state index contributed by atoms with van der Waals surface area (Å²) in [5.41, 5.74) is 6.53. The van der Waals surface area contributed by atoms with Crippen molar-refractivity contribution in [2.75, 3.05) is 6.54 Å². The van der Waals surface area contributed by atoms with Crippen LogP contribution in [0.2, 0.25) is 0 Å². The lowest BCUT2D eigenvalue weighted by Crippen LogP contribution is -2.28. The van der Waals surface area contributed by atoms with Crippen LogP contribution in [-0.2, 0) is 6.42 Å². The number of amides is 1. The first kappa shape index (κ1) is 17.0. The zero-order valence-electron chi connectivity index (χ0n) is 12.7. The van der Waals surface area contributed by atoms with Gasteiger partial charge in [-0.3, -0.25) is 14.9 Å². The van der Waals surface area contributed by atoms with E-state index in [-0.39, 0.29) is 17.6 Å². The first-order chi connectivity index (χ1) is 11.0. The van der Waals surface area contributed by atoms with Crippen LogP contribution in [-0.4, -0.2) is 22.4 Å². The number of non-ortho nitro benzene ring substituents is 1. The second-order valence-electron chi connectivity index (χ2n) is 4.95.